The molecule has 0 saturated heterocycles. The molecule has 2 aliphatic carbocycles. The molecule has 0 atom stereocenters. The van der Waals surface area contributed by atoms with Crippen molar-refractivity contribution in [2.75, 3.05) is 6.54 Å². The largest absolute Gasteiger partial charge is 0.444 e. The molecule has 2 fully saturated rings. The number of alkyl carbamates (subject to hydrolysis) is 1. The van der Waals surface area contributed by atoms with Gasteiger partial charge in [-0.15, -0.1) is 0 Å². The molecule has 21 heavy (non-hydrogen) atoms. The third-order valence-corrected chi connectivity index (χ3v) is 4.92. The Morgan fingerprint density at radius 3 is 2.19 bits per heavy atom. The van der Waals surface area contributed by atoms with Gasteiger partial charge in [-0.2, -0.15) is 0 Å². The molecule has 4 heteroatoms. The molecule has 1 amide bonds. The Morgan fingerprint density at radius 1 is 1.14 bits per heavy atom. The van der Waals surface area contributed by atoms with Crippen molar-refractivity contribution in [2.24, 2.45) is 5.41 Å². The molecule has 0 bridgehead atoms. The monoisotopic (exact) mass is 296 g/mol. The summed E-state index contributed by atoms with van der Waals surface area (Å²) in [7, 11) is 0. The van der Waals surface area contributed by atoms with Crippen LogP contribution in [-0.4, -0.2) is 30.3 Å². The Balaban J connectivity index is 1.63. The van der Waals surface area contributed by atoms with E-state index in [1.165, 1.54) is 25.8 Å². The second-order valence-corrected chi connectivity index (χ2v) is 7.93. The van der Waals surface area contributed by atoms with Crippen molar-refractivity contribution in [3.63, 3.8) is 0 Å². The highest BCUT2D eigenvalue weighted by Gasteiger charge is 2.40. The molecule has 0 radical (unpaired) electrons. The van der Waals surface area contributed by atoms with E-state index >= 15 is 0 Å². The summed E-state index contributed by atoms with van der Waals surface area (Å²) in [6, 6.07) is 0.907. The fraction of sp³-hybridized carbons (Fsp3) is 0.941. The van der Waals surface area contributed by atoms with Gasteiger partial charge in [-0.25, -0.2) is 4.79 Å². The molecule has 0 aromatic heterocycles. The summed E-state index contributed by atoms with van der Waals surface area (Å²) >= 11 is 0. The summed E-state index contributed by atoms with van der Waals surface area (Å²) in [5.74, 6) is 0. The average Bonchev–Trinajstić information content (AvgIpc) is 3.16. The number of hydrogen-bond acceptors (Lipinski definition) is 3. The zero-order valence-corrected chi connectivity index (χ0v) is 14.1. The van der Waals surface area contributed by atoms with Crippen molar-refractivity contribution < 1.29 is 9.53 Å². The van der Waals surface area contributed by atoms with Crippen LogP contribution in [0.5, 0.6) is 0 Å². The predicted octanol–water partition coefficient (Wildman–Crippen LogP) is 3.60. The number of hydrogen-bond donors (Lipinski definition) is 2. The van der Waals surface area contributed by atoms with Crippen molar-refractivity contribution in [2.45, 2.75) is 90.3 Å². The highest BCUT2D eigenvalue weighted by molar-refractivity contribution is 5.68. The number of rotatable bonds is 5. The number of carbonyl (C=O) groups is 1. The van der Waals surface area contributed by atoms with Gasteiger partial charge in [0.05, 0.1) is 0 Å². The Labute approximate surface area is 129 Å². The number of nitrogens with one attached hydrogen (secondary N) is 2. The molecule has 2 rings (SSSR count). The molecule has 0 aromatic rings. The Hall–Kier alpha value is -0.770. The van der Waals surface area contributed by atoms with Gasteiger partial charge >= 0.3 is 6.09 Å². The zero-order valence-electron chi connectivity index (χ0n) is 14.1. The summed E-state index contributed by atoms with van der Waals surface area (Å²) < 4.78 is 5.32. The van der Waals surface area contributed by atoms with E-state index in [-0.39, 0.29) is 12.1 Å². The summed E-state index contributed by atoms with van der Waals surface area (Å²) in [6.07, 6.45) is 8.22. The van der Waals surface area contributed by atoms with Crippen LogP contribution in [-0.2, 0) is 4.74 Å². The van der Waals surface area contributed by atoms with Crippen LogP contribution in [0.15, 0.2) is 0 Å². The van der Waals surface area contributed by atoms with Gasteiger partial charge < -0.3 is 15.4 Å². The summed E-state index contributed by atoms with van der Waals surface area (Å²) in [5, 5.41) is 6.75. The lowest BCUT2D eigenvalue weighted by molar-refractivity contribution is 0.0489. The van der Waals surface area contributed by atoms with Crippen LogP contribution in [0.4, 0.5) is 4.79 Å². The maximum atomic E-state index is 11.8. The molecule has 122 valence electrons. The number of carbonyl (C=O) groups excluding carboxylic acids is 1. The third kappa shape index (κ3) is 5.50. The van der Waals surface area contributed by atoms with Crippen LogP contribution in [0.25, 0.3) is 0 Å². The molecular weight excluding hydrogens is 264 g/mol. The maximum absolute atomic E-state index is 11.8. The molecular formula is C17H32N2O2. The normalized spacial score (nSPS) is 28.0. The van der Waals surface area contributed by atoms with E-state index in [4.69, 9.17) is 4.74 Å². The average molecular weight is 296 g/mol. The first kappa shape index (κ1) is 16.6. The van der Waals surface area contributed by atoms with Crippen molar-refractivity contribution >= 4 is 6.09 Å². The van der Waals surface area contributed by atoms with Gasteiger partial charge in [0.25, 0.3) is 0 Å². The first-order valence-corrected chi connectivity index (χ1v) is 8.55. The minimum absolute atomic E-state index is 0.276. The standard InChI is InChI=1S/C17H32N2O2/c1-5-17(10-11-17)12-18-13-6-8-14(9-7-13)19-15(20)21-16(2,3)4/h13-14,18H,5-12H2,1-4H3,(H,19,20). The Morgan fingerprint density at radius 2 is 1.71 bits per heavy atom. The Bertz CT molecular complexity index is 350. The molecule has 4 nitrogen and oxygen atoms in total. The van der Waals surface area contributed by atoms with Gasteiger partial charge in [0, 0.05) is 18.6 Å². The highest BCUT2D eigenvalue weighted by Crippen LogP contribution is 2.48. The minimum Gasteiger partial charge on any atom is -0.444 e. The minimum atomic E-state index is -0.415. The van der Waals surface area contributed by atoms with E-state index < -0.39 is 5.60 Å². The third-order valence-electron chi connectivity index (χ3n) is 4.92. The second-order valence-electron chi connectivity index (χ2n) is 7.93. The van der Waals surface area contributed by atoms with Crippen LogP contribution < -0.4 is 10.6 Å². The van der Waals surface area contributed by atoms with Crippen LogP contribution in [0.2, 0.25) is 0 Å². The molecule has 0 unspecified atom stereocenters. The fourth-order valence-electron chi connectivity index (χ4n) is 3.11. The Kier molecular flexibility index (Phi) is 5.18. The van der Waals surface area contributed by atoms with E-state index in [1.807, 2.05) is 20.8 Å². The lowest BCUT2D eigenvalue weighted by Gasteiger charge is -2.31. The van der Waals surface area contributed by atoms with E-state index in [2.05, 4.69) is 17.6 Å². The van der Waals surface area contributed by atoms with Crippen molar-refractivity contribution in [3.05, 3.63) is 0 Å². The summed E-state index contributed by atoms with van der Waals surface area (Å²) in [5.41, 5.74) is 0.202. The van der Waals surface area contributed by atoms with E-state index in [9.17, 15) is 4.79 Å². The number of ether oxygens (including phenoxy) is 1. The van der Waals surface area contributed by atoms with Crippen molar-refractivity contribution in [1.82, 2.24) is 10.6 Å². The van der Waals surface area contributed by atoms with Gasteiger partial charge in [-0.3, -0.25) is 0 Å². The van der Waals surface area contributed by atoms with Gasteiger partial charge in [0.15, 0.2) is 0 Å². The van der Waals surface area contributed by atoms with Gasteiger partial charge in [-0.05, 0) is 71.1 Å². The SMILES string of the molecule is CCC1(CNC2CCC(NC(=O)OC(C)(C)C)CC2)CC1. The molecule has 0 aliphatic heterocycles. The number of amides is 1. The second kappa shape index (κ2) is 6.55. The quantitative estimate of drug-likeness (QED) is 0.815. The van der Waals surface area contributed by atoms with Crippen LogP contribution in [0, 0.1) is 5.41 Å². The lowest BCUT2D eigenvalue weighted by Crippen LogP contribution is -2.44. The zero-order chi connectivity index (χ0) is 15.5. The summed E-state index contributed by atoms with van der Waals surface area (Å²) in [4.78, 5) is 11.8. The maximum Gasteiger partial charge on any atom is 0.407 e. The van der Waals surface area contributed by atoms with Crippen molar-refractivity contribution in [3.8, 4) is 0 Å². The van der Waals surface area contributed by atoms with Crippen LogP contribution in [0.1, 0.15) is 72.6 Å². The fourth-order valence-corrected chi connectivity index (χ4v) is 3.11. The van der Waals surface area contributed by atoms with Gasteiger partial charge in [0.1, 0.15) is 5.60 Å². The van der Waals surface area contributed by atoms with Crippen LogP contribution >= 0.6 is 0 Å². The molecule has 2 N–H and O–H groups in total. The predicted molar refractivity (Wildman–Crippen MR) is 85.4 cm³/mol. The van der Waals surface area contributed by atoms with Gasteiger partial charge in [0.2, 0.25) is 0 Å². The summed E-state index contributed by atoms with van der Waals surface area (Å²) in [6.45, 7) is 9.17. The molecule has 2 saturated carbocycles. The molecule has 0 heterocycles. The lowest BCUT2D eigenvalue weighted by atomic mass is 9.90. The first-order valence-electron chi connectivity index (χ1n) is 8.55. The van der Waals surface area contributed by atoms with E-state index in [0.29, 0.717) is 11.5 Å². The first-order chi connectivity index (χ1) is 9.82. The van der Waals surface area contributed by atoms with Crippen molar-refractivity contribution in [1.29, 1.82) is 0 Å². The smallest absolute Gasteiger partial charge is 0.407 e. The molecule has 0 aromatic carbocycles. The van der Waals surface area contributed by atoms with E-state index in [0.717, 1.165) is 25.7 Å². The topological polar surface area (TPSA) is 50.4 Å². The van der Waals surface area contributed by atoms with Crippen LogP contribution in [0.3, 0.4) is 0 Å². The highest BCUT2D eigenvalue weighted by atomic mass is 16.6. The van der Waals surface area contributed by atoms with Gasteiger partial charge in [-0.1, -0.05) is 6.92 Å². The van der Waals surface area contributed by atoms with E-state index in [1.54, 1.807) is 0 Å². The molecule has 0 spiro atoms. The molecule has 2 aliphatic rings.